The highest BCUT2D eigenvalue weighted by Crippen LogP contribution is 2.13. The van der Waals surface area contributed by atoms with Crippen molar-refractivity contribution >= 4 is 0 Å². The minimum Gasteiger partial charge on any atom is -0.497 e. The van der Waals surface area contributed by atoms with Gasteiger partial charge < -0.3 is 14.5 Å². The van der Waals surface area contributed by atoms with Crippen molar-refractivity contribution in [1.29, 1.82) is 0 Å². The molecule has 3 nitrogen and oxygen atoms in total. The van der Waals surface area contributed by atoms with Crippen molar-refractivity contribution in [2.45, 2.75) is 26.2 Å². The molecule has 1 aromatic carbocycles. The Bertz CT molecular complexity index is 388. The van der Waals surface area contributed by atoms with Gasteiger partial charge in [-0.15, -0.1) is 0 Å². The van der Waals surface area contributed by atoms with Crippen molar-refractivity contribution in [3.63, 3.8) is 0 Å². The van der Waals surface area contributed by atoms with Crippen LogP contribution in [-0.2, 0) is 6.42 Å². The first kappa shape index (κ1) is 15.3. The molecule has 0 radical (unpaired) electrons. The third kappa shape index (κ3) is 4.80. The third-order valence-electron chi connectivity index (χ3n) is 4.23. The van der Waals surface area contributed by atoms with Gasteiger partial charge in [-0.2, -0.15) is 0 Å². The van der Waals surface area contributed by atoms with Crippen LogP contribution in [0.15, 0.2) is 24.3 Å². The molecule has 0 aromatic heterocycles. The van der Waals surface area contributed by atoms with Crippen LogP contribution in [0.5, 0.6) is 5.75 Å². The zero-order valence-corrected chi connectivity index (χ0v) is 13.0. The number of methoxy groups -OCH3 is 1. The van der Waals surface area contributed by atoms with Crippen molar-refractivity contribution in [3.05, 3.63) is 29.8 Å². The van der Waals surface area contributed by atoms with Crippen LogP contribution in [0, 0.1) is 0 Å². The Hall–Kier alpha value is -1.06. The first-order valence-electron chi connectivity index (χ1n) is 7.89. The summed E-state index contributed by atoms with van der Waals surface area (Å²) >= 11 is 0. The van der Waals surface area contributed by atoms with Crippen LogP contribution < -0.4 is 4.74 Å². The summed E-state index contributed by atoms with van der Waals surface area (Å²) in [5, 5.41) is 0. The predicted molar refractivity (Wildman–Crippen MR) is 84.5 cm³/mol. The van der Waals surface area contributed by atoms with E-state index >= 15 is 0 Å². The number of hydrogen-bond donors (Lipinski definition) is 0. The lowest BCUT2D eigenvalue weighted by atomic mass is 10.1. The van der Waals surface area contributed by atoms with E-state index in [2.05, 4.69) is 34.9 Å². The van der Waals surface area contributed by atoms with E-state index in [-0.39, 0.29) is 0 Å². The average molecular weight is 276 g/mol. The highest BCUT2D eigenvalue weighted by Gasteiger charge is 2.12. The first-order chi connectivity index (χ1) is 9.81. The summed E-state index contributed by atoms with van der Waals surface area (Å²) in [6, 6.07) is 8.42. The Morgan fingerprint density at radius 1 is 1.20 bits per heavy atom. The lowest BCUT2D eigenvalue weighted by Gasteiger charge is -2.24. The van der Waals surface area contributed by atoms with Gasteiger partial charge in [0.25, 0.3) is 0 Å². The maximum Gasteiger partial charge on any atom is 0.119 e. The number of nitrogens with zero attached hydrogens (tertiary/aromatic N) is 2. The van der Waals surface area contributed by atoms with Crippen LogP contribution in [-0.4, -0.2) is 56.2 Å². The van der Waals surface area contributed by atoms with Gasteiger partial charge in [0, 0.05) is 19.6 Å². The average Bonchev–Trinajstić information content (AvgIpc) is 3.01. The monoisotopic (exact) mass is 276 g/mol. The molecular weight excluding hydrogens is 248 g/mol. The Kier molecular flexibility index (Phi) is 6.34. The molecule has 0 unspecified atom stereocenters. The summed E-state index contributed by atoms with van der Waals surface area (Å²) in [4.78, 5) is 5.14. The van der Waals surface area contributed by atoms with Gasteiger partial charge in [0.1, 0.15) is 5.75 Å². The van der Waals surface area contributed by atoms with Gasteiger partial charge in [0.15, 0.2) is 0 Å². The highest BCUT2D eigenvalue weighted by atomic mass is 16.5. The molecule has 1 aliphatic rings. The van der Waals surface area contributed by atoms with Crippen LogP contribution in [0.2, 0.25) is 0 Å². The fraction of sp³-hybridized carbons (Fsp3) is 0.647. The van der Waals surface area contributed by atoms with Crippen LogP contribution in [0.25, 0.3) is 0 Å². The van der Waals surface area contributed by atoms with E-state index in [1.807, 2.05) is 6.07 Å². The zero-order valence-electron chi connectivity index (χ0n) is 13.0. The van der Waals surface area contributed by atoms with Gasteiger partial charge in [-0.25, -0.2) is 0 Å². The molecule has 1 heterocycles. The van der Waals surface area contributed by atoms with Gasteiger partial charge in [-0.05, 0) is 56.6 Å². The maximum absolute atomic E-state index is 5.28. The van der Waals surface area contributed by atoms with Crippen LogP contribution in [0.1, 0.15) is 25.3 Å². The number of likely N-dealkylation sites (tertiary alicyclic amines) is 1. The second kappa shape index (κ2) is 8.28. The van der Waals surface area contributed by atoms with Crippen LogP contribution >= 0.6 is 0 Å². The van der Waals surface area contributed by atoms with Crippen molar-refractivity contribution < 1.29 is 4.74 Å². The molecule has 0 aliphatic carbocycles. The van der Waals surface area contributed by atoms with Crippen LogP contribution in [0.3, 0.4) is 0 Å². The third-order valence-corrected chi connectivity index (χ3v) is 4.23. The summed E-state index contributed by atoms with van der Waals surface area (Å²) in [5.41, 5.74) is 1.36. The largest absolute Gasteiger partial charge is 0.497 e. The molecule has 0 saturated carbocycles. The molecule has 1 aliphatic heterocycles. The minimum atomic E-state index is 0.961. The van der Waals surface area contributed by atoms with Gasteiger partial charge in [-0.1, -0.05) is 19.1 Å². The molecular formula is C17H28N2O. The standard InChI is InChI=1S/C17H28N2O/c1-3-18(13-14-19-10-4-5-11-19)12-9-16-7-6-8-17(15-16)20-2/h6-8,15H,3-5,9-14H2,1-2H3. The maximum atomic E-state index is 5.28. The number of rotatable bonds is 8. The van der Waals surface area contributed by atoms with E-state index in [0.717, 1.165) is 25.3 Å². The zero-order chi connectivity index (χ0) is 14.2. The van der Waals surface area contributed by atoms with E-state index < -0.39 is 0 Å². The van der Waals surface area contributed by atoms with E-state index in [1.54, 1.807) is 7.11 Å². The van der Waals surface area contributed by atoms with Crippen LogP contribution in [0.4, 0.5) is 0 Å². The first-order valence-corrected chi connectivity index (χ1v) is 7.89. The lowest BCUT2D eigenvalue weighted by Crippen LogP contribution is -2.34. The second-order valence-corrected chi connectivity index (χ2v) is 5.58. The lowest BCUT2D eigenvalue weighted by molar-refractivity contribution is 0.235. The van der Waals surface area contributed by atoms with Gasteiger partial charge in [0.2, 0.25) is 0 Å². The quantitative estimate of drug-likeness (QED) is 0.726. The molecule has 0 atom stereocenters. The SMILES string of the molecule is CCN(CCc1cccc(OC)c1)CCN1CCCC1. The van der Waals surface area contributed by atoms with Gasteiger partial charge in [-0.3, -0.25) is 0 Å². The smallest absolute Gasteiger partial charge is 0.119 e. The summed E-state index contributed by atoms with van der Waals surface area (Å²) in [7, 11) is 1.73. The molecule has 0 spiro atoms. The number of likely N-dealkylation sites (N-methyl/N-ethyl adjacent to an activating group) is 1. The molecule has 0 amide bonds. The van der Waals surface area contributed by atoms with E-state index in [4.69, 9.17) is 4.74 Å². The van der Waals surface area contributed by atoms with Crippen molar-refractivity contribution in [1.82, 2.24) is 9.80 Å². The molecule has 0 bridgehead atoms. The highest BCUT2D eigenvalue weighted by molar-refractivity contribution is 5.28. The summed E-state index contributed by atoms with van der Waals surface area (Å²) < 4.78 is 5.28. The molecule has 112 valence electrons. The second-order valence-electron chi connectivity index (χ2n) is 5.58. The Morgan fingerprint density at radius 2 is 2.00 bits per heavy atom. The topological polar surface area (TPSA) is 15.7 Å². The molecule has 2 rings (SSSR count). The summed E-state index contributed by atoms with van der Waals surface area (Å²) in [5.74, 6) is 0.961. The number of ether oxygens (including phenoxy) is 1. The molecule has 1 aromatic rings. The fourth-order valence-electron chi connectivity index (χ4n) is 2.83. The molecule has 20 heavy (non-hydrogen) atoms. The van der Waals surface area contributed by atoms with E-state index in [1.165, 1.54) is 44.6 Å². The summed E-state index contributed by atoms with van der Waals surface area (Å²) in [6.45, 7) is 9.55. The van der Waals surface area contributed by atoms with E-state index in [0.29, 0.717) is 0 Å². The number of hydrogen-bond acceptors (Lipinski definition) is 3. The van der Waals surface area contributed by atoms with Crippen molar-refractivity contribution in [2.24, 2.45) is 0 Å². The normalized spacial score (nSPS) is 15.9. The molecule has 0 N–H and O–H groups in total. The Balaban J connectivity index is 1.74. The Morgan fingerprint density at radius 3 is 2.70 bits per heavy atom. The van der Waals surface area contributed by atoms with Crippen molar-refractivity contribution in [3.8, 4) is 5.75 Å². The summed E-state index contributed by atoms with van der Waals surface area (Å²) in [6.07, 6.45) is 3.87. The number of benzene rings is 1. The van der Waals surface area contributed by atoms with Crippen molar-refractivity contribution in [2.75, 3.05) is 46.4 Å². The predicted octanol–water partition coefficient (Wildman–Crippen LogP) is 2.66. The van der Waals surface area contributed by atoms with Gasteiger partial charge >= 0.3 is 0 Å². The minimum absolute atomic E-state index is 0.961. The van der Waals surface area contributed by atoms with E-state index in [9.17, 15) is 0 Å². The molecule has 3 heteroatoms. The molecule has 1 fully saturated rings. The fourth-order valence-corrected chi connectivity index (χ4v) is 2.83. The Labute approximate surface area is 123 Å². The van der Waals surface area contributed by atoms with Gasteiger partial charge in [0.05, 0.1) is 7.11 Å². The molecule has 1 saturated heterocycles.